The smallest absolute Gasteiger partial charge is 0.341 e. The number of para-hydroxylation sites is 2. The first-order valence-corrected chi connectivity index (χ1v) is 17.7. The van der Waals surface area contributed by atoms with Crippen molar-refractivity contribution in [3.05, 3.63) is 89.6 Å². The first-order valence-electron chi connectivity index (χ1n) is 16.2. The molecule has 1 saturated heterocycles. The minimum Gasteiger partial charge on any atom is -0.457 e. The van der Waals surface area contributed by atoms with Crippen molar-refractivity contribution in [1.29, 1.82) is 0 Å². The van der Waals surface area contributed by atoms with Gasteiger partial charge in [0.15, 0.2) is 0 Å². The van der Waals surface area contributed by atoms with Crippen molar-refractivity contribution in [3.63, 3.8) is 0 Å². The summed E-state index contributed by atoms with van der Waals surface area (Å²) in [6.45, 7) is 2.61. The van der Waals surface area contributed by atoms with Crippen LogP contribution in [0, 0.1) is 18.8 Å². The van der Waals surface area contributed by atoms with Gasteiger partial charge in [0.1, 0.15) is 17.5 Å². The van der Waals surface area contributed by atoms with Gasteiger partial charge in [-0.2, -0.15) is 0 Å². The molecule has 11 nitrogen and oxygen atoms in total. The Kier molecular flexibility index (Phi) is 9.30. The molecule has 1 saturated carbocycles. The molecule has 252 valence electrons. The van der Waals surface area contributed by atoms with Crippen LogP contribution in [0.25, 0.3) is 10.9 Å². The number of fused-ring (bicyclic) bond motifs is 1. The molecule has 2 fully saturated rings. The number of nitrogens with one attached hydrogen (secondary N) is 1. The summed E-state index contributed by atoms with van der Waals surface area (Å²) < 4.78 is 35.8. The van der Waals surface area contributed by atoms with Crippen molar-refractivity contribution in [1.82, 2.24) is 19.1 Å². The van der Waals surface area contributed by atoms with Crippen LogP contribution in [0.3, 0.4) is 0 Å². The number of nitrogens with zero attached hydrogens (tertiary/aromatic N) is 3. The lowest BCUT2D eigenvalue weighted by Gasteiger charge is -2.30. The van der Waals surface area contributed by atoms with Gasteiger partial charge < -0.3 is 20.4 Å². The summed E-state index contributed by atoms with van der Waals surface area (Å²) in [5, 5.41) is 0.852. The minimum atomic E-state index is -4.63. The lowest BCUT2D eigenvalue weighted by molar-refractivity contribution is -0.128. The summed E-state index contributed by atoms with van der Waals surface area (Å²) in [7, 11) is -1.53. The lowest BCUT2D eigenvalue weighted by atomic mass is 9.81. The number of aromatic nitrogens is 1. The predicted molar refractivity (Wildman–Crippen MR) is 182 cm³/mol. The molecular formula is C36H41N5O6S. The molecule has 3 aromatic carbocycles. The second-order valence-corrected chi connectivity index (χ2v) is 14.8. The predicted octanol–water partition coefficient (Wildman–Crippen LogP) is 5.30. The molecular weight excluding hydrogens is 630 g/mol. The highest BCUT2D eigenvalue weighted by Gasteiger charge is 2.52. The molecule has 4 amide bonds. The molecule has 3 atom stereocenters. The molecule has 12 heteroatoms. The van der Waals surface area contributed by atoms with E-state index in [2.05, 4.69) is 4.98 Å². The van der Waals surface area contributed by atoms with Gasteiger partial charge in [0.2, 0.25) is 0 Å². The number of carbonyl (C=O) groups is 3. The number of urea groups is 1. The first kappa shape index (κ1) is 33.2. The number of carbonyl (C=O) groups excluding carboxylic acids is 3. The van der Waals surface area contributed by atoms with Gasteiger partial charge in [-0.1, -0.05) is 42.8 Å². The largest absolute Gasteiger partial charge is 0.457 e. The number of hydrogen-bond donors (Lipinski definition) is 2. The molecule has 0 spiro atoms. The third-order valence-corrected chi connectivity index (χ3v) is 11.2. The number of nitrogens with two attached hydrogens (primary N) is 1. The van der Waals surface area contributed by atoms with Crippen LogP contribution >= 0.6 is 0 Å². The van der Waals surface area contributed by atoms with Crippen molar-refractivity contribution in [2.75, 3.05) is 27.2 Å². The topological polar surface area (TPSA) is 146 Å². The second-order valence-electron chi connectivity index (χ2n) is 13.0. The molecule has 1 aliphatic heterocycles. The van der Waals surface area contributed by atoms with Gasteiger partial charge >= 0.3 is 6.03 Å². The van der Waals surface area contributed by atoms with Crippen LogP contribution in [0.5, 0.6) is 11.5 Å². The van der Waals surface area contributed by atoms with Gasteiger partial charge in [0, 0.05) is 44.2 Å². The zero-order chi connectivity index (χ0) is 34.2. The monoisotopic (exact) mass is 671 g/mol. The maximum Gasteiger partial charge on any atom is 0.341 e. The van der Waals surface area contributed by atoms with Crippen molar-refractivity contribution in [2.45, 2.75) is 50.0 Å². The summed E-state index contributed by atoms with van der Waals surface area (Å²) in [6.07, 6.45) is 5.27. The van der Waals surface area contributed by atoms with Gasteiger partial charge in [-0.25, -0.2) is 17.5 Å². The Morgan fingerprint density at radius 1 is 1.02 bits per heavy atom. The number of benzene rings is 3. The van der Waals surface area contributed by atoms with Gasteiger partial charge in [-0.15, -0.1) is 0 Å². The van der Waals surface area contributed by atoms with Crippen LogP contribution in [0.15, 0.2) is 77.8 Å². The van der Waals surface area contributed by atoms with E-state index < -0.39 is 33.9 Å². The number of aryl methyl sites for hydroxylation is 1. The highest BCUT2D eigenvalue weighted by molar-refractivity contribution is 7.89. The normalized spacial score (nSPS) is 20.0. The fourth-order valence-electron chi connectivity index (χ4n) is 6.91. The van der Waals surface area contributed by atoms with Crippen molar-refractivity contribution >= 4 is 38.8 Å². The van der Waals surface area contributed by atoms with E-state index in [0.29, 0.717) is 22.5 Å². The minimum absolute atomic E-state index is 0.00144. The second kappa shape index (κ2) is 13.4. The van der Waals surface area contributed by atoms with E-state index in [1.165, 1.54) is 23.1 Å². The van der Waals surface area contributed by atoms with E-state index in [1.807, 2.05) is 31.2 Å². The fourth-order valence-corrected chi connectivity index (χ4v) is 8.45. The number of imide groups is 1. The molecule has 4 aromatic rings. The van der Waals surface area contributed by atoms with E-state index in [1.54, 1.807) is 44.6 Å². The maximum absolute atomic E-state index is 14.5. The molecule has 3 N–H and O–H groups in total. The molecule has 6 rings (SSSR count). The average Bonchev–Trinajstić information content (AvgIpc) is 3.60. The number of aromatic amines is 1. The Morgan fingerprint density at radius 2 is 1.77 bits per heavy atom. The highest BCUT2D eigenvalue weighted by Crippen LogP contribution is 2.36. The number of amides is 4. The third kappa shape index (κ3) is 6.29. The number of H-pyrrole nitrogens is 1. The number of hydrogen-bond acceptors (Lipinski definition) is 7. The SMILES string of the molecule is Cc1cccc2c(CC3C(=O)N(CC4CCCC(CN)C4)C(=O)N3S(=O)(=O)c3ccc(Oc4ccccc4)c(C(=O)N(C)C)c3)c[nH]c12. The summed E-state index contributed by atoms with van der Waals surface area (Å²) >= 11 is 0. The molecule has 2 aliphatic rings. The Balaban J connectivity index is 1.40. The third-order valence-electron chi connectivity index (χ3n) is 9.46. The van der Waals surface area contributed by atoms with Crippen molar-refractivity contribution in [3.8, 4) is 11.5 Å². The summed E-state index contributed by atoms with van der Waals surface area (Å²) in [5.41, 5.74) is 8.56. The summed E-state index contributed by atoms with van der Waals surface area (Å²) in [5.74, 6) is -0.105. The molecule has 1 aliphatic carbocycles. The summed E-state index contributed by atoms with van der Waals surface area (Å²) in [4.78, 5) is 47.0. The van der Waals surface area contributed by atoms with E-state index in [4.69, 9.17) is 10.5 Å². The van der Waals surface area contributed by atoms with Gasteiger partial charge in [-0.05, 0) is 86.0 Å². The average molecular weight is 672 g/mol. The first-order chi connectivity index (χ1) is 23.0. The van der Waals surface area contributed by atoms with Gasteiger partial charge in [-0.3, -0.25) is 14.5 Å². The highest BCUT2D eigenvalue weighted by atomic mass is 32.2. The van der Waals surface area contributed by atoms with Crippen LogP contribution in [-0.2, 0) is 21.2 Å². The number of sulfonamides is 1. The van der Waals surface area contributed by atoms with Crippen molar-refractivity contribution < 1.29 is 27.5 Å². The van der Waals surface area contributed by atoms with Crippen LogP contribution in [0.4, 0.5) is 4.79 Å². The van der Waals surface area contributed by atoms with Crippen LogP contribution in [-0.4, -0.2) is 78.6 Å². The molecule has 1 aromatic heterocycles. The van der Waals surface area contributed by atoms with E-state index in [9.17, 15) is 22.8 Å². The number of ether oxygens (including phenoxy) is 1. The van der Waals surface area contributed by atoms with Crippen LogP contribution in [0.1, 0.15) is 47.2 Å². The quantitative estimate of drug-likeness (QED) is 0.218. The Labute approximate surface area is 280 Å². The Hall–Kier alpha value is -4.68. The van der Waals surface area contributed by atoms with Crippen LogP contribution in [0.2, 0.25) is 0 Å². The standard InChI is InChI=1S/C36H41N5O6S/c1-23-9-7-14-29-26(21-38-33(23)29)18-31-35(43)40(22-25-11-8-10-24(17-25)20-37)36(44)41(31)48(45,46)28-15-16-32(30(19-28)34(42)39(2)3)47-27-12-5-4-6-13-27/h4-7,9,12-16,19,21,24-25,31,38H,8,10-11,17-18,20,22,37H2,1-3H3. The molecule has 3 unspecified atom stereocenters. The maximum atomic E-state index is 14.5. The van der Waals surface area contributed by atoms with E-state index in [0.717, 1.165) is 52.6 Å². The molecule has 2 heterocycles. The van der Waals surface area contributed by atoms with E-state index in [-0.39, 0.29) is 35.1 Å². The summed E-state index contributed by atoms with van der Waals surface area (Å²) in [6, 6.07) is 16.3. The van der Waals surface area contributed by atoms with Crippen molar-refractivity contribution in [2.24, 2.45) is 17.6 Å². The lowest BCUT2D eigenvalue weighted by Crippen LogP contribution is -2.42. The molecule has 0 radical (unpaired) electrons. The Bertz CT molecular complexity index is 1960. The zero-order valence-electron chi connectivity index (χ0n) is 27.4. The number of rotatable bonds is 10. The van der Waals surface area contributed by atoms with E-state index >= 15 is 0 Å². The molecule has 0 bridgehead atoms. The molecule has 48 heavy (non-hydrogen) atoms. The van der Waals surface area contributed by atoms with Crippen LogP contribution < -0.4 is 10.5 Å². The zero-order valence-corrected chi connectivity index (χ0v) is 28.2. The van der Waals surface area contributed by atoms with Gasteiger partial charge in [0.25, 0.3) is 21.8 Å². The fraction of sp³-hybridized carbons (Fsp3) is 0.361. The Morgan fingerprint density at radius 3 is 2.50 bits per heavy atom. The van der Waals surface area contributed by atoms with Gasteiger partial charge in [0.05, 0.1) is 10.5 Å².